The van der Waals surface area contributed by atoms with Gasteiger partial charge in [-0.05, 0) is 44.0 Å². The average Bonchev–Trinajstić information content (AvgIpc) is 2.68. The van der Waals surface area contributed by atoms with Gasteiger partial charge in [-0.15, -0.1) is 0 Å². The van der Waals surface area contributed by atoms with Gasteiger partial charge in [0.25, 0.3) is 5.91 Å². The first-order valence-electron chi connectivity index (χ1n) is 9.82. The Bertz CT molecular complexity index is 902. The Morgan fingerprint density at radius 2 is 1.67 bits per heavy atom. The topological polar surface area (TPSA) is 102 Å². The summed E-state index contributed by atoms with van der Waals surface area (Å²) in [6, 6.07) is 12.9. The summed E-state index contributed by atoms with van der Waals surface area (Å²) < 4.78 is 23.2. The summed E-state index contributed by atoms with van der Waals surface area (Å²) >= 11 is 0. The second-order valence-corrected chi connectivity index (χ2v) is 8.91. The number of aryl methyl sites for hydroxylation is 1. The molecule has 2 N–H and O–H groups in total. The van der Waals surface area contributed by atoms with Gasteiger partial charge in [0.2, 0.25) is 0 Å². The Labute approximate surface area is 176 Å². The highest BCUT2D eigenvalue weighted by molar-refractivity contribution is 7.53. The maximum Gasteiger partial charge on any atom is 0.335 e. The molecule has 1 atom stereocenters. The lowest BCUT2D eigenvalue weighted by molar-refractivity contribution is -0.139. The van der Waals surface area contributed by atoms with E-state index in [1.54, 1.807) is 38.1 Å². The molecule has 0 aliphatic rings. The monoisotopic (exact) mass is 433 g/mol. The van der Waals surface area contributed by atoms with Gasteiger partial charge in [0.15, 0.2) is 0 Å². The predicted octanol–water partition coefficient (Wildman–Crippen LogP) is 4.19. The van der Waals surface area contributed by atoms with E-state index in [0.29, 0.717) is 11.1 Å². The third-order valence-corrected chi connectivity index (χ3v) is 6.43. The van der Waals surface area contributed by atoms with E-state index in [1.807, 2.05) is 31.2 Å². The lowest BCUT2D eigenvalue weighted by Gasteiger charge is -2.17. The summed E-state index contributed by atoms with van der Waals surface area (Å²) in [4.78, 5) is 24.2. The average molecular weight is 433 g/mol. The SMILES string of the molecule is CCOP(=O)(Cc1ccc(C(=O)N[C@H](Cc2cccc(C)c2)C(=O)O)cc1)OCC. The van der Waals surface area contributed by atoms with Gasteiger partial charge in [-0.1, -0.05) is 42.0 Å². The standard InChI is InChI=1S/C22H28NO6P/c1-4-28-30(27,29-5-2)15-17-9-11-19(12-10-17)21(24)23-20(22(25)26)14-18-8-6-7-16(3)13-18/h6-13,20H,4-5,14-15H2,1-3H3,(H,23,24)(H,25,26)/t20-/m1/s1. The Hall–Kier alpha value is -2.47. The zero-order valence-corrected chi connectivity index (χ0v) is 18.4. The molecular formula is C22H28NO6P. The summed E-state index contributed by atoms with van der Waals surface area (Å²) in [5.74, 6) is -1.59. The first-order chi connectivity index (χ1) is 14.3. The molecular weight excluding hydrogens is 405 g/mol. The third-order valence-electron chi connectivity index (χ3n) is 4.37. The zero-order valence-electron chi connectivity index (χ0n) is 17.5. The van der Waals surface area contributed by atoms with Crippen molar-refractivity contribution in [2.75, 3.05) is 13.2 Å². The number of carbonyl (C=O) groups excluding carboxylic acids is 1. The number of benzene rings is 2. The Balaban J connectivity index is 2.06. The summed E-state index contributed by atoms with van der Waals surface area (Å²) in [5, 5.41) is 12.1. The highest BCUT2D eigenvalue weighted by Gasteiger charge is 2.25. The van der Waals surface area contributed by atoms with Crippen LogP contribution in [0.1, 0.15) is 40.9 Å². The normalized spacial score (nSPS) is 12.4. The molecule has 7 nitrogen and oxygen atoms in total. The van der Waals surface area contributed by atoms with Crippen LogP contribution in [0.2, 0.25) is 0 Å². The molecule has 0 saturated carbocycles. The number of amides is 1. The number of carboxylic acids is 1. The van der Waals surface area contributed by atoms with Gasteiger partial charge in [-0.25, -0.2) is 4.79 Å². The largest absolute Gasteiger partial charge is 0.480 e. The predicted molar refractivity (Wildman–Crippen MR) is 115 cm³/mol. The lowest BCUT2D eigenvalue weighted by atomic mass is 10.0. The third kappa shape index (κ3) is 7.10. The van der Waals surface area contributed by atoms with Crippen molar-refractivity contribution >= 4 is 19.5 Å². The molecule has 162 valence electrons. The molecule has 0 heterocycles. The number of hydrogen-bond donors (Lipinski definition) is 2. The minimum atomic E-state index is -3.24. The maximum atomic E-state index is 12.6. The first kappa shape index (κ1) is 23.8. The van der Waals surface area contributed by atoms with Crippen LogP contribution in [0.25, 0.3) is 0 Å². The Morgan fingerprint density at radius 1 is 1.03 bits per heavy atom. The van der Waals surface area contributed by atoms with E-state index in [-0.39, 0.29) is 25.8 Å². The van der Waals surface area contributed by atoms with Crippen molar-refractivity contribution in [1.82, 2.24) is 5.32 Å². The summed E-state index contributed by atoms with van der Waals surface area (Å²) in [7, 11) is -3.24. The smallest absolute Gasteiger partial charge is 0.335 e. The van der Waals surface area contributed by atoms with Crippen LogP contribution < -0.4 is 5.32 Å². The van der Waals surface area contributed by atoms with E-state index >= 15 is 0 Å². The molecule has 1 amide bonds. The van der Waals surface area contributed by atoms with Crippen LogP contribution in [-0.2, 0) is 31.0 Å². The minimum absolute atomic E-state index is 0.0989. The van der Waals surface area contributed by atoms with Crippen molar-refractivity contribution in [2.24, 2.45) is 0 Å². The van der Waals surface area contributed by atoms with Crippen molar-refractivity contribution in [3.05, 3.63) is 70.8 Å². The second-order valence-electron chi connectivity index (χ2n) is 6.86. The van der Waals surface area contributed by atoms with E-state index in [9.17, 15) is 19.3 Å². The van der Waals surface area contributed by atoms with Crippen molar-refractivity contribution in [3.63, 3.8) is 0 Å². The fourth-order valence-corrected chi connectivity index (χ4v) is 4.73. The van der Waals surface area contributed by atoms with Gasteiger partial charge in [0, 0.05) is 12.0 Å². The summed E-state index contributed by atoms with van der Waals surface area (Å²) in [6.07, 6.45) is 0.286. The minimum Gasteiger partial charge on any atom is -0.480 e. The first-order valence-corrected chi connectivity index (χ1v) is 11.6. The van der Waals surface area contributed by atoms with Crippen LogP contribution >= 0.6 is 7.60 Å². The second kappa shape index (κ2) is 11.1. The molecule has 2 aromatic carbocycles. The van der Waals surface area contributed by atoms with Gasteiger partial charge >= 0.3 is 13.6 Å². The zero-order chi connectivity index (χ0) is 22.1. The molecule has 2 aromatic rings. The van der Waals surface area contributed by atoms with Crippen molar-refractivity contribution in [3.8, 4) is 0 Å². The fourth-order valence-electron chi connectivity index (χ4n) is 3.02. The maximum absolute atomic E-state index is 12.6. The molecule has 0 unspecified atom stereocenters. The van der Waals surface area contributed by atoms with Crippen LogP contribution in [0.15, 0.2) is 48.5 Å². The molecule has 30 heavy (non-hydrogen) atoms. The molecule has 0 spiro atoms. The summed E-state index contributed by atoms with van der Waals surface area (Å²) in [5.41, 5.74) is 2.87. The van der Waals surface area contributed by atoms with Gasteiger partial charge < -0.3 is 19.5 Å². The number of nitrogens with one attached hydrogen (secondary N) is 1. The quantitative estimate of drug-likeness (QED) is 0.516. The lowest BCUT2D eigenvalue weighted by Crippen LogP contribution is -2.42. The summed E-state index contributed by atoms with van der Waals surface area (Å²) in [6.45, 7) is 5.96. The van der Waals surface area contributed by atoms with Crippen molar-refractivity contribution < 1.29 is 28.3 Å². The van der Waals surface area contributed by atoms with Crippen LogP contribution in [0.5, 0.6) is 0 Å². The Morgan fingerprint density at radius 3 is 2.20 bits per heavy atom. The molecule has 8 heteroatoms. The molecule has 2 rings (SSSR count). The van der Waals surface area contributed by atoms with Gasteiger partial charge in [0.1, 0.15) is 6.04 Å². The van der Waals surface area contributed by atoms with Crippen molar-refractivity contribution in [1.29, 1.82) is 0 Å². The molecule has 0 fully saturated rings. The molecule has 0 aliphatic carbocycles. The number of rotatable bonds is 11. The van der Waals surface area contributed by atoms with Gasteiger partial charge in [-0.2, -0.15) is 0 Å². The van der Waals surface area contributed by atoms with Crippen LogP contribution in [-0.4, -0.2) is 36.2 Å². The van der Waals surface area contributed by atoms with E-state index < -0.39 is 25.5 Å². The van der Waals surface area contributed by atoms with Crippen LogP contribution in [0.4, 0.5) is 0 Å². The van der Waals surface area contributed by atoms with Gasteiger partial charge in [0.05, 0.1) is 19.4 Å². The number of aliphatic carboxylic acids is 1. The van der Waals surface area contributed by atoms with Crippen LogP contribution in [0.3, 0.4) is 0 Å². The van der Waals surface area contributed by atoms with Crippen molar-refractivity contribution in [2.45, 2.75) is 39.4 Å². The number of carbonyl (C=O) groups is 2. The molecule has 0 aliphatic heterocycles. The van der Waals surface area contributed by atoms with E-state index in [2.05, 4.69) is 5.32 Å². The Kier molecular flexibility index (Phi) is 8.78. The molecule has 0 radical (unpaired) electrons. The van der Waals surface area contributed by atoms with E-state index in [1.165, 1.54) is 0 Å². The van der Waals surface area contributed by atoms with E-state index in [4.69, 9.17) is 9.05 Å². The van der Waals surface area contributed by atoms with E-state index in [0.717, 1.165) is 11.1 Å². The highest BCUT2D eigenvalue weighted by atomic mass is 31.2. The molecule has 0 bridgehead atoms. The highest BCUT2D eigenvalue weighted by Crippen LogP contribution is 2.51. The molecule has 0 saturated heterocycles. The number of carboxylic acid groups (broad SMARTS) is 1. The number of hydrogen-bond acceptors (Lipinski definition) is 5. The van der Waals surface area contributed by atoms with Crippen LogP contribution in [0, 0.1) is 6.92 Å². The van der Waals surface area contributed by atoms with Gasteiger partial charge in [-0.3, -0.25) is 9.36 Å². The fraction of sp³-hybridized carbons (Fsp3) is 0.364. The molecule has 0 aromatic heterocycles.